The zero-order valence-electron chi connectivity index (χ0n) is 9.82. The van der Waals surface area contributed by atoms with E-state index in [1.165, 1.54) is 0 Å². The lowest BCUT2D eigenvalue weighted by Gasteiger charge is -2.12. The molecule has 0 spiro atoms. The summed E-state index contributed by atoms with van der Waals surface area (Å²) in [5.41, 5.74) is 0. The second kappa shape index (κ2) is 4.39. The van der Waals surface area contributed by atoms with E-state index < -0.39 is 0 Å². The highest BCUT2D eigenvalue weighted by Gasteiger charge is 2.06. The third kappa shape index (κ3) is 1.94. The Balaban J connectivity index is 2.59. The summed E-state index contributed by atoms with van der Waals surface area (Å²) in [6, 6.07) is 8.33. The van der Waals surface area contributed by atoms with Crippen molar-refractivity contribution in [1.29, 1.82) is 0 Å². The number of rotatable bonds is 3. The van der Waals surface area contributed by atoms with Crippen LogP contribution in [0.25, 0.3) is 10.8 Å². The summed E-state index contributed by atoms with van der Waals surface area (Å²) in [6.45, 7) is 4.20. The van der Waals surface area contributed by atoms with E-state index in [9.17, 15) is 0 Å². The molecule has 0 saturated heterocycles. The maximum atomic E-state index is 5.33. The molecule has 0 aliphatic carbocycles. The quantitative estimate of drug-likeness (QED) is 0.856. The Morgan fingerprint density at radius 3 is 2.69 bits per heavy atom. The van der Waals surface area contributed by atoms with Gasteiger partial charge < -0.3 is 10.1 Å². The second-order valence-electron chi connectivity index (χ2n) is 4.01. The number of methoxy groups -OCH3 is 1. The molecule has 0 aliphatic rings. The molecule has 0 bridgehead atoms. The van der Waals surface area contributed by atoms with Crippen LogP contribution in [0.15, 0.2) is 30.5 Å². The van der Waals surface area contributed by atoms with Gasteiger partial charge in [-0.2, -0.15) is 0 Å². The Morgan fingerprint density at radius 2 is 2.00 bits per heavy atom. The molecule has 1 N–H and O–H groups in total. The maximum Gasteiger partial charge on any atom is 0.134 e. The van der Waals surface area contributed by atoms with Crippen molar-refractivity contribution in [1.82, 2.24) is 4.98 Å². The SMILES string of the molecule is COc1cccc2c(NC(C)C)nccc12. The molecule has 1 heterocycles. The van der Waals surface area contributed by atoms with Crippen LogP contribution in [0.1, 0.15) is 13.8 Å². The zero-order chi connectivity index (χ0) is 11.5. The molecule has 0 unspecified atom stereocenters. The molecule has 16 heavy (non-hydrogen) atoms. The third-order valence-electron chi connectivity index (χ3n) is 2.41. The highest BCUT2D eigenvalue weighted by atomic mass is 16.5. The molecule has 2 rings (SSSR count). The van der Waals surface area contributed by atoms with Gasteiger partial charge in [-0.05, 0) is 26.0 Å². The van der Waals surface area contributed by atoms with Crippen molar-refractivity contribution in [3.8, 4) is 5.75 Å². The van der Waals surface area contributed by atoms with Gasteiger partial charge in [0, 0.05) is 23.0 Å². The first kappa shape index (κ1) is 10.7. The molecule has 3 heteroatoms. The predicted octanol–water partition coefficient (Wildman–Crippen LogP) is 3.06. The van der Waals surface area contributed by atoms with Crippen molar-refractivity contribution in [3.05, 3.63) is 30.5 Å². The van der Waals surface area contributed by atoms with E-state index in [-0.39, 0.29) is 0 Å². The van der Waals surface area contributed by atoms with Gasteiger partial charge in [0.2, 0.25) is 0 Å². The smallest absolute Gasteiger partial charge is 0.134 e. The van der Waals surface area contributed by atoms with Gasteiger partial charge in [0.25, 0.3) is 0 Å². The van der Waals surface area contributed by atoms with E-state index in [0.29, 0.717) is 6.04 Å². The summed E-state index contributed by atoms with van der Waals surface area (Å²) >= 11 is 0. The van der Waals surface area contributed by atoms with Crippen LogP contribution in [-0.4, -0.2) is 18.1 Å². The summed E-state index contributed by atoms with van der Waals surface area (Å²) in [6.07, 6.45) is 1.80. The van der Waals surface area contributed by atoms with Crippen molar-refractivity contribution in [3.63, 3.8) is 0 Å². The van der Waals surface area contributed by atoms with Crippen LogP contribution in [0, 0.1) is 0 Å². The fourth-order valence-corrected chi connectivity index (χ4v) is 1.74. The van der Waals surface area contributed by atoms with Gasteiger partial charge >= 0.3 is 0 Å². The molecule has 0 aliphatic heterocycles. The van der Waals surface area contributed by atoms with Gasteiger partial charge in [0.1, 0.15) is 11.6 Å². The van der Waals surface area contributed by atoms with Gasteiger partial charge in [-0.1, -0.05) is 12.1 Å². The van der Waals surface area contributed by atoms with Crippen LogP contribution >= 0.6 is 0 Å². The molecule has 0 fully saturated rings. The number of fused-ring (bicyclic) bond motifs is 1. The lowest BCUT2D eigenvalue weighted by molar-refractivity contribution is 0.420. The minimum atomic E-state index is 0.365. The molecule has 3 nitrogen and oxygen atoms in total. The van der Waals surface area contributed by atoms with Gasteiger partial charge in [-0.15, -0.1) is 0 Å². The van der Waals surface area contributed by atoms with E-state index >= 15 is 0 Å². The minimum Gasteiger partial charge on any atom is -0.496 e. The lowest BCUT2D eigenvalue weighted by atomic mass is 10.1. The average molecular weight is 216 g/mol. The Labute approximate surface area is 95.5 Å². The molecule has 2 aromatic rings. The number of nitrogens with zero attached hydrogens (tertiary/aromatic N) is 1. The molecule has 0 saturated carbocycles. The number of ether oxygens (including phenoxy) is 1. The van der Waals surface area contributed by atoms with Crippen molar-refractivity contribution in [2.45, 2.75) is 19.9 Å². The fourth-order valence-electron chi connectivity index (χ4n) is 1.74. The first-order valence-electron chi connectivity index (χ1n) is 5.40. The van der Waals surface area contributed by atoms with Crippen molar-refractivity contribution in [2.75, 3.05) is 12.4 Å². The van der Waals surface area contributed by atoms with Crippen LogP contribution in [0.4, 0.5) is 5.82 Å². The predicted molar refractivity (Wildman–Crippen MR) is 67.1 cm³/mol. The summed E-state index contributed by atoms with van der Waals surface area (Å²) in [4.78, 5) is 4.36. The number of aromatic nitrogens is 1. The molecule has 0 atom stereocenters. The van der Waals surface area contributed by atoms with Crippen LogP contribution < -0.4 is 10.1 Å². The normalized spacial score (nSPS) is 10.8. The Hall–Kier alpha value is -1.77. The number of hydrogen-bond donors (Lipinski definition) is 1. The fraction of sp³-hybridized carbons (Fsp3) is 0.308. The molecule has 0 radical (unpaired) electrons. The van der Waals surface area contributed by atoms with Gasteiger partial charge in [-0.3, -0.25) is 0 Å². The van der Waals surface area contributed by atoms with E-state index in [1.807, 2.05) is 18.2 Å². The molecule has 1 aromatic heterocycles. The number of hydrogen-bond acceptors (Lipinski definition) is 3. The lowest BCUT2D eigenvalue weighted by Crippen LogP contribution is -2.11. The van der Waals surface area contributed by atoms with E-state index in [2.05, 4.69) is 30.2 Å². The summed E-state index contributed by atoms with van der Waals surface area (Å²) in [7, 11) is 1.69. The number of nitrogens with one attached hydrogen (secondary N) is 1. The molecule has 1 aromatic carbocycles. The van der Waals surface area contributed by atoms with Crippen LogP contribution in [-0.2, 0) is 0 Å². The standard InChI is InChI=1S/C13H16N2O/c1-9(2)15-13-11-5-4-6-12(16-3)10(11)7-8-14-13/h4-9H,1-3H3,(H,14,15). The van der Waals surface area contributed by atoms with Gasteiger partial charge in [-0.25, -0.2) is 4.98 Å². The Morgan fingerprint density at radius 1 is 1.19 bits per heavy atom. The minimum absolute atomic E-state index is 0.365. The first-order chi connectivity index (χ1) is 7.72. The monoisotopic (exact) mass is 216 g/mol. The Kier molecular flexibility index (Phi) is 2.95. The third-order valence-corrected chi connectivity index (χ3v) is 2.41. The molecule has 0 amide bonds. The molecule has 84 valence electrons. The number of anilines is 1. The number of benzene rings is 1. The maximum absolute atomic E-state index is 5.33. The summed E-state index contributed by atoms with van der Waals surface area (Å²) in [5.74, 6) is 1.79. The average Bonchev–Trinajstić information content (AvgIpc) is 2.28. The molecular weight excluding hydrogens is 200 g/mol. The van der Waals surface area contributed by atoms with E-state index in [4.69, 9.17) is 4.74 Å². The summed E-state index contributed by atoms with van der Waals surface area (Å²) < 4.78 is 5.33. The van der Waals surface area contributed by atoms with Crippen LogP contribution in [0.5, 0.6) is 5.75 Å². The highest BCUT2D eigenvalue weighted by molar-refractivity contribution is 5.95. The molecular formula is C13H16N2O. The highest BCUT2D eigenvalue weighted by Crippen LogP contribution is 2.29. The van der Waals surface area contributed by atoms with Gasteiger partial charge in [0.15, 0.2) is 0 Å². The number of pyridine rings is 1. The van der Waals surface area contributed by atoms with Crippen molar-refractivity contribution < 1.29 is 4.74 Å². The topological polar surface area (TPSA) is 34.1 Å². The zero-order valence-corrected chi connectivity index (χ0v) is 9.82. The second-order valence-corrected chi connectivity index (χ2v) is 4.01. The van der Waals surface area contributed by atoms with Crippen LogP contribution in [0.3, 0.4) is 0 Å². The van der Waals surface area contributed by atoms with E-state index in [0.717, 1.165) is 22.3 Å². The van der Waals surface area contributed by atoms with E-state index in [1.54, 1.807) is 13.3 Å². The first-order valence-corrected chi connectivity index (χ1v) is 5.40. The summed E-state index contributed by atoms with van der Waals surface area (Å²) in [5, 5.41) is 5.51. The van der Waals surface area contributed by atoms with Crippen molar-refractivity contribution in [2.24, 2.45) is 0 Å². The van der Waals surface area contributed by atoms with Crippen molar-refractivity contribution >= 4 is 16.6 Å². The largest absolute Gasteiger partial charge is 0.496 e. The Bertz CT molecular complexity index is 494. The van der Waals surface area contributed by atoms with Crippen LogP contribution in [0.2, 0.25) is 0 Å². The van der Waals surface area contributed by atoms with Gasteiger partial charge in [0.05, 0.1) is 7.11 Å².